The van der Waals surface area contributed by atoms with E-state index in [1.807, 2.05) is 0 Å². The predicted molar refractivity (Wildman–Crippen MR) is 217 cm³/mol. The van der Waals surface area contributed by atoms with Crippen LogP contribution >= 0.6 is 0 Å². The Bertz CT molecular complexity index is 3210. The molecule has 0 bridgehead atoms. The zero-order valence-corrected chi connectivity index (χ0v) is 29.4. The molecule has 250 valence electrons. The maximum Gasteiger partial charge on any atom is 0.140 e. The third-order valence-electron chi connectivity index (χ3n) is 11.9. The summed E-state index contributed by atoms with van der Waals surface area (Å²) in [6, 6.07) is 51.2. The molecule has 5 heteroatoms. The molecule has 53 heavy (non-hydrogen) atoms. The first-order valence-electron chi connectivity index (χ1n) is 18.4. The molecule has 2 aliphatic rings. The van der Waals surface area contributed by atoms with Gasteiger partial charge in [-0.05, 0) is 112 Å². The van der Waals surface area contributed by atoms with Crippen LogP contribution in [-0.2, 0) is 26.9 Å². The third-order valence-corrected chi connectivity index (χ3v) is 11.9. The largest absolute Gasteiger partial charge is 0.327 e. The highest BCUT2D eigenvalue weighted by Gasteiger charge is 2.24. The molecule has 3 heterocycles. The molecule has 0 amide bonds. The van der Waals surface area contributed by atoms with Crippen molar-refractivity contribution < 1.29 is 0 Å². The molecule has 0 atom stereocenters. The summed E-state index contributed by atoms with van der Waals surface area (Å²) in [6.45, 7) is 0. The lowest BCUT2D eigenvalue weighted by Crippen LogP contribution is -1.98. The molecule has 3 aromatic heterocycles. The zero-order chi connectivity index (χ0) is 34.9. The smallest absolute Gasteiger partial charge is 0.140 e. The topological polar surface area (TPSA) is 40.6 Å². The van der Waals surface area contributed by atoms with E-state index in [0.717, 1.165) is 63.4 Å². The molecule has 12 rings (SSSR count). The second kappa shape index (κ2) is 10.4. The van der Waals surface area contributed by atoms with Gasteiger partial charge in [-0.25, -0.2) is 9.97 Å². The number of para-hydroxylation sites is 2. The molecule has 7 aromatic carbocycles. The van der Waals surface area contributed by atoms with E-state index in [-0.39, 0.29) is 0 Å². The van der Waals surface area contributed by atoms with Crippen LogP contribution in [0.15, 0.2) is 140 Å². The number of hydrogen-bond donors (Lipinski definition) is 0. The molecule has 0 saturated carbocycles. The molecule has 5 nitrogen and oxygen atoms in total. The highest BCUT2D eigenvalue weighted by atomic mass is 15.1. The minimum atomic E-state index is 0.947. The first-order valence-corrected chi connectivity index (χ1v) is 18.4. The molecular weight excluding hydrogens is 647 g/mol. The lowest BCUT2D eigenvalue weighted by atomic mass is 10.0. The van der Waals surface area contributed by atoms with Crippen molar-refractivity contribution in [1.82, 2.24) is 23.7 Å². The molecule has 0 saturated heterocycles. The van der Waals surface area contributed by atoms with Crippen molar-refractivity contribution in [3.63, 3.8) is 0 Å². The minimum absolute atomic E-state index is 0.947. The van der Waals surface area contributed by atoms with Crippen molar-refractivity contribution in [2.24, 2.45) is 14.1 Å². The van der Waals surface area contributed by atoms with Gasteiger partial charge in [-0.3, -0.25) is 0 Å². The quantitative estimate of drug-likeness (QED) is 0.186. The van der Waals surface area contributed by atoms with E-state index >= 15 is 0 Å². The third kappa shape index (κ3) is 4.02. The average Bonchev–Trinajstić information content (AvgIpc) is 3.99. The van der Waals surface area contributed by atoms with Crippen molar-refractivity contribution >= 4 is 43.9 Å². The highest BCUT2D eigenvalue weighted by molar-refractivity contribution is 6.12. The summed E-state index contributed by atoms with van der Waals surface area (Å²) in [7, 11) is 4.26. The molecule has 0 aliphatic heterocycles. The van der Waals surface area contributed by atoms with Crippen LogP contribution in [0.2, 0.25) is 0 Å². The van der Waals surface area contributed by atoms with Gasteiger partial charge in [-0.15, -0.1) is 0 Å². The molecule has 0 radical (unpaired) electrons. The van der Waals surface area contributed by atoms with Crippen molar-refractivity contribution in [3.05, 3.63) is 162 Å². The molecule has 2 aliphatic carbocycles. The fraction of sp³-hybridized carbons (Fsp3) is 0.0833. The van der Waals surface area contributed by atoms with Crippen LogP contribution in [-0.4, -0.2) is 23.7 Å². The number of aryl methyl sites for hydroxylation is 2. The zero-order valence-electron chi connectivity index (χ0n) is 29.4. The Labute approximate surface area is 306 Å². The van der Waals surface area contributed by atoms with Gasteiger partial charge in [-0.2, -0.15) is 0 Å². The van der Waals surface area contributed by atoms with E-state index in [9.17, 15) is 0 Å². The molecule has 0 spiro atoms. The summed E-state index contributed by atoms with van der Waals surface area (Å²) in [6.07, 6.45) is 1.91. The van der Waals surface area contributed by atoms with Gasteiger partial charge < -0.3 is 13.7 Å². The van der Waals surface area contributed by atoms with E-state index in [1.54, 1.807) is 0 Å². The van der Waals surface area contributed by atoms with Crippen LogP contribution in [0.5, 0.6) is 0 Å². The number of fused-ring (bicyclic) bond motifs is 11. The standard InChI is InChI=1S/C48H33N5/c1-51-43-17-8-7-16-41(43)49-47(51)30-12-9-13-34(22-30)53-44-23-31(18-19-37(44)40-26-38-32(24-45(40)53)20-28-10-3-5-14-35(28)38)48-50-42-27-39-33(25-46(42)52(48)2)21-29-11-4-6-15-36(29)39/h3-19,22-27H,20-21H2,1-2H3. The fourth-order valence-corrected chi connectivity index (χ4v) is 9.33. The Hall–Kier alpha value is -6.72. The van der Waals surface area contributed by atoms with Gasteiger partial charge in [0.05, 0.1) is 33.1 Å². The van der Waals surface area contributed by atoms with Crippen LogP contribution in [0.1, 0.15) is 22.3 Å². The number of benzene rings is 7. The molecule has 0 N–H and O–H groups in total. The highest BCUT2D eigenvalue weighted by Crippen LogP contribution is 2.44. The first-order chi connectivity index (χ1) is 26.1. The van der Waals surface area contributed by atoms with E-state index in [1.165, 1.54) is 66.3 Å². The summed E-state index contributed by atoms with van der Waals surface area (Å²) in [4.78, 5) is 10.4. The normalized spacial score (nSPS) is 12.9. The van der Waals surface area contributed by atoms with Gasteiger partial charge in [0, 0.05) is 41.7 Å². The van der Waals surface area contributed by atoms with Gasteiger partial charge in [0.2, 0.25) is 0 Å². The Morgan fingerprint density at radius 1 is 0.415 bits per heavy atom. The molecule has 0 fully saturated rings. The minimum Gasteiger partial charge on any atom is -0.327 e. The Kier molecular flexibility index (Phi) is 5.69. The van der Waals surface area contributed by atoms with Crippen molar-refractivity contribution in [2.45, 2.75) is 12.8 Å². The molecular formula is C48H33N5. The second-order valence-electron chi connectivity index (χ2n) is 14.8. The van der Waals surface area contributed by atoms with Crippen molar-refractivity contribution in [3.8, 4) is 50.7 Å². The van der Waals surface area contributed by atoms with Gasteiger partial charge >= 0.3 is 0 Å². The predicted octanol–water partition coefficient (Wildman–Crippen LogP) is 11.0. The van der Waals surface area contributed by atoms with Crippen LogP contribution < -0.4 is 0 Å². The Morgan fingerprint density at radius 2 is 1.04 bits per heavy atom. The van der Waals surface area contributed by atoms with E-state index in [4.69, 9.17) is 9.97 Å². The monoisotopic (exact) mass is 679 g/mol. The van der Waals surface area contributed by atoms with E-state index < -0.39 is 0 Å². The Balaban J connectivity index is 1.08. The summed E-state index contributed by atoms with van der Waals surface area (Å²) in [5, 5.41) is 2.49. The molecule has 10 aromatic rings. The number of hydrogen-bond acceptors (Lipinski definition) is 2. The molecule has 0 unspecified atom stereocenters. The number of imidazole rings is 2. The SMILES string of the molecule is Cn1c(-c2cccc(-n3c4cc(-c5nc6cc7c(cc6n5C)Cc5ccccc5-7)ccc4c4cc5c(cc43)Cc3ccccc3-5)c2)nc2ccccc21. The Morgan fingerprint density at radius 3 is 1.81 bits per heavy atom. The summed E-state index contributed by atoms with van der Waals surface area (Å²) >= 11 is 0. The number of aromatic nitrogens is 5. The van der Waals surface area contributed by atoms with Gasteiger partial charge in [-0.1, -0.05) is 84.9 Å². The summed E-state index contributed by atoms with van der Waals surface area (Å²) < 4.78 is 6.92. The van der Waals surface area contributed by atoms with Crippen LogP contribution in [0.3, 0.4) is 0 Å². The van der Waals surface area contributed by atoms with Crippen LogP contribution in [0, 0.1) is 0 Å². The van der Waals surface area contributed by atoms with Gasteiger partial charge in [0.15, 0.2) is 0 Å². The van der Waals surface area contributed by atoms with Crippen LogP contribution in [0.25, 0.3) is 94.6 Å². The fourth-order valence-electron chi connectivity index (χ4n) is 9.33. The second-order valence-corrected chi connectivity index (χ2v) is 14.8. The van der Waals surface area contributed by atoms with E-state index in [0.29, 0.717) is 0 Å². The van der Waals surface area contributed by atoms with Crippen molar-refractivity contribution in [1.29, 1.82) is 0 Å². The van der Waals surface area contributed by atoms with E-state index in [2.05, 4.69) is 167 Å². The summed E-state index contributed by atoms with van der Waals surface area (Å²) in [5.74, 6) is 1.93. The average molecular weight is 680 g/mol. The van der Waals surface area contributed by atoms with Crippen LogP contribution in [0.4, 0.5) is 0 Å². The number of nitrogens with zero attached hydrogens (tertiary/aromatic N) is 5. The first kappa shape index (κ1) is 28.9. The lowest BCUT2D eigenvalue weighted by molar-refractivity contribution is 0.958. The lowest BCUT2D eigenvalue weighted by Gasteiger charge is -2.12. The maximum atomic E-state index is 5.30. The van der Waals surface area contributed by atoms with Gasteiger partial charge in [0.1, 0.15) is 11.6 Å². The number of rotatable bonds is 3. The maximum absolute atomic E-state index is 5.30. The van der Waals surface area contributed by atoms with Gasteiger partial charge in [0.25, 0.3) is 0 Å². The summed E-state index contributed by atoms with van der Waals surface area (Å²) in [5.41, 5.74) is 20.9. The van der Waals surface area contributed by atoms with Crippen molar-refractivity contribution in [2.75, 3.05) is 0 Å².